The molecule has 7 heteroatoms. The van der Waals surface area contributed by atoms with Crippen LogP contribution in [0.4, 0.5) is 0 Å². The molecule has 1 saturated heterocycles. The van der Waals surface area contributed by atoms with Crippen molar-refractivity contribution < 1.29 is 13.2 Å². The van der Waals surface area contributed by atoms with Crippen molar-refractivity contribution in [3.63, 3.8) is 0 Å². The van der Waals surface area contributed by atoms with E-state index in [0.29, 0.717) is 30.2 Å². The van der Waals surface area contributed by atoms with Gasteiger partial charge < -0.3 is 5.32 Å². The maximum atomic E-state index is 12.0. The second kappa shape index (κ2) is 6.34. The van der Waals surface area contributed by atoms with Gasteiger partial charge in [-0.05, 0) is 37.0 Å². The molecule has 1 amide bonds. The summed E-state index contributed by atoms with van der Waals surface area (Å²) in [4.78, 5) is 12.0. The highest BCUT2D eigenvalue weighted by molar-refractivity contribution is 7.88. The lowest BCUT2D eigenvalue weighted by atomic mass is 10.1. The van der Waals surface area contributed by atoms with Crippen LogP contribution in [0.25, 0.3) is 0 Å². The number of halogens is 1. The Bertz CT molecular complexity index is 646. The van der Waals surface area contributed by atoms with Gasteiger partial charge in [-0.15, -0.1) is 0 Å². The quantitative estimate of drug-likeness (QED) is 0.913. The number of rotatable bonds is 4. The van der Waals surface area contributed by atoms with E-state index in [9.17, 15) is 13.2 Å². The lowest BCUT2D eigenvalue weighted by Gasteiger charge is -2.14. The zero-order chi connectivity index (χ0) is 15.6. The molecule has 0 aliphatic carbocycles. The number of benzene rings is 1. The van der Waals surface area contributed by atoms with Crippen molar-refractivity contribution in [2.75, 3.05) is 25.9 Å². The van der Waals surface area contributed by atoms with E-state index >= 15 is 0 Å². The smallest absolute Gasteiger partial charge is 0.251 e. The second-order valence-electron chi connectivity index (χ2n) is 5.45. The van der Waals surface area contributed by atoms with Crippen LogP contribution in [-0.2, 0) is 10.0 Å². The minimum Gasteiger partial charge on any atom is -0.352 e. The number of carbonyl (C=O) groups is 1. The van der Waals surface area contributed by atoms with Gasteiger partial charge in [-0.2, -0.15) is 0 Å². The molecule has 1 fully saturated rings. The van der Waals surface area contributed by atoms with E-state index in [1.54, 1.807) is 18.2 Å². The third kappa shape index (κ3) is 4.18. The average Bonchev–Trinajstić information content (AvgIpc) is 2.88. The molecule has 0 radical (unpaired) electrons. The Hall–Kier alpha value is -1.11. The van der Waals surface area contributed by atoms with E-state index in [4.69, 9.17) is 11.6 Å². The number of nitrogens with one attached hydrogen (secondary N) is 1. The molecule has 1 heterocycles. The van der Waals surface area contributed by atoms with E-state index in [-0.39, 0.29) is 11.8 Å². The standard InChI is InChI=1S/C14H19ClN2O3S/c1-10-3-4-12(7-13(10)15)14(18)16-8-11-5-6-17(9-11)21(2,19)20/h3-4,7,11H,5-6,8-9H2,1-2H3,(H,16,18). The van der Waals surface area contributed by atoms with Gasteiger partial charge in [0.05, 0.1) is 6.26 Å². The molecule has 0 spiro atoms. The molecule has 1 aliphatic rings. The number of hydrogen-bond acceptors (Lipinski definition) is 3. The van der Waals surface area contributed by atoms with Gasteiger partial charge in [-0.3, -0.25) is 4.79 Å². The molecule has 1 atom stereocenters. The predicted octanol–water partition coefficient (Wildman–Crippen LogP) is 1.66. The fourth-order valence-electron chi connectivity index (χ4n) is 2.34. The first kappa shape index (κ1) is 16.3. The maximum absolute atomic E-state index is 12.0. The zero-order valence-electron chi connectivity index (χ0n) is 12.1. The Morgan fingerprint density at radius 2 is 2.19 bits per heavy atom. The van der Waals surface area contributed by atoms with Gasteiger partial charge in [0.15, 0.2) is 0 Å². The van der Waals surface area contributed by atoms with Gasteiger partial charge in [-0.1, -0.05) is 17.7 Å². The molecule has 1 N–H and O–H groups in total. The summed E-state index contributed by atoms with van der Waals surface area (Å²) in [5, 5.41) is 3.40. The Labute approximate surface area is 130 Å². The summed E-state index contributed by atoms with van der Waals surface area (Å²) in [6.07, 6.45) is 1.98. The van der Waals surface area contributed by atoms with Crippen molar-refractivity contribution in [2.24, 2.45) is 5.92 Å². The van der Waals surface area contributed by atoms with Crippen molar-refractivity contribution in [1.82, 2.24) is 9.62 Å². The van der Waals surface area contributed by atoms with Crippen molar-refractivity contribution >= 4 is 27.5 Å². The Balaban J connectivity index is 1.89. The molecule has 21 heavy (non-hydrogen) atoms. The number of aryl methyl sites for hydroxylation is 1. The Kier molecular flexibility index (Phi) is 4.91. The topological polar surface area (TPSA) is 66.5 Å². The van der Waals surface area contributed by atoms with E-state index in [2.05, 4.69) is 5.32 Å². The van der Waals surface area contributed by atoms with Crippen LogP contribution in [-0.4, -0.2) is 44.5 Å². The summed E-state index contributed by atoms with van der Waals surface area (Å²) in [5.74, 6) is -0.0284. The van der Waals surface area contributed by atoms with Gasteiger partial charge in [0.2, 0.25) is 10.0 Å². The van der Waals surface area contributed by atoms with Gasteiger partial charge in [0.25, 0.3) is 5.91 Å². The van der Waals surface area contributed by atoms with E-state index in [0.717, 1.165) is 12.0 Å². The molecule has 1 unspecified atom stereocenters. The number of nitrogens with zero attached hydrogens (tertiary/aromatic N) is 1. The first-order valence-corrected chi connectivity index (χ1v) is 8.99. The first-order chi connectivity index (χ1) is 9.77. The van der Waals surface area contributed by atoms with Crippen LogP contribution in [0.3, 0.4) is 0 Å². The molecule has 0 saturated carbocycles. The maximum Gasteiger partial charge on any atom is 0.251 e. The van der Waals surface area contributed by atoms with Gasteiger partial charge in [-0.25, -0.2) is 12.7 Å². The number of hydrogen-bond donors (Lipinski definition) is 1. The Morgan fingerprint density at radius 1 is 1.48 bits per heavy atom. The van der Waals surface area contributed by atoms with Gasteiger partial charge >= 0.3 is 0 Å². The summed E-state index contributed by atoms with van der Waals surface area (Å²) in [6, 6.07) is 5.18. The third-order valence-corrected chi connectivity index (χ3v) is 5.38. The summed E-state index contributed by atoms with van der Waals surface area (Å²) < 4.78 is 24.3. The van der Waals surface area contributed by atoms with Gasteiger partial charge in [0, 0.05) is 30.2 Å². The Morgan fingerprint density at radius 3 is 2.76 bits per heavy atom. The SMILES string of the molecule is Cc1ccc(C(=O)NCC2CCN(S(C)(=O)=O)C2)cc1Cl. The first-order valence-electron chi connectivity index (χ1n) is 6.77. The number of sulfonamides is 1. The molecule has 1 aromatic carbocycles. The highest BCUT2D eigenvalue weighted by Gasteiger charge is 2.28. The molecule has 1 aliphatic heterocycles. The van der Waals surface area contributed by atoms with Crippen LogP contribution in [0, 0.1) is 12.8 Å². The second-order valence-corrected chi connectivity index (χ2v) is 7.84. The lowest BCUT2D eigenvalue weighted by Crippen LogP contribution is -2.32. The number of carbonyl (C=O) groups excluding carboxylic acids is 1. The monoisotopic (exact) mass is 330 g/mol. The largest absolute Gasteiger partial charge is 0.352 e. The van der Waals surface area contributed by atoms with Crippen molar-refractivity contribution in [1.29, 1.82) is 0 Å². The minimum atomic E-state index is -3.13. The summed E-state index contributed by atoms with van der Waals surface area (Å²) in [6.45, 7) is 3.34. The molecule has 0 aromatic heterocycles. The zero-order valence-corrected chi connectivity index (χ0v) is 13.7. The average molecular weight is 331 g/mol. The minimum absolute atomic E-state index is 0.157. The van der Waals surface area contributed by atoms with Crippen LogP contribution in [0.2, 0.25) is 5.02 Å². The highest BCUT2D eigenvalue weighted by atomic mass is 35.5. The van der Waals surface area contributed by atoms with Crippen molar-refractivity contribution in [3.05, 3.63) is 34.3 Å². The molecule has 1 aromatic rings. The summed E-state index contributed by atoms with van der Waals surface area (Å²) >= 11 is 6.00. The van der Waals surface area contributed by atoms with Crippen LogP contribution in [0.5, 0.6) is 0 Å². The van der Waals surface area contributed by atoms with E-state index in [1.807, 2.05) is 6.92 Å². The fraction of sp³-hybridized carbons (Fsp3) is 0.500. The third-order valence-electron chi connectivity index (χ3n) is 3.70. The van der Waals surface area contributed by atoms with E-state index in [1.165, 1.54) is 10.6 Å². The molecule has 2 rings (SSSR count). The lowest BCUT2D eigenvalue weighted by molar-refractivity contribution is 0.0948. The van der Waals surface area contributed by atoms with Crippen molar-refractivity contribution in [2.45, 2.75) is 13.3 Å². The fourth-order valence-corrected chi connectivity index (χ4v) is 3.44. The molecule has 5 nitrogen and oxygen atoms in total. The summed E-state index contributed by atoms with van der Waals surface area (Å²) in [7, 11) is -3.13. The molecule has 0 bridgehead atoms. The van der Waals surface area contributed by atoms with Crippen LogP contribution in [0.1, 0.15) is 22.3 Å². The molecule has 116 valence electrons. The normalized spacial score (nSPS) is 19.7. The predicted molar refractivity (Wildman–Crippen MR) is 83.0 cm³/mol. The van der Waals surface area contributed by atoms with Crippen LogP contribution >= 0.6 is 11.6 Å². The van der Waals surface area contributed by atoms with Crippen LogP contribution < -0.4 is 5.32 Å². The van der Waals surface area contributed by atoms with Crippen LogP contribution in [0.15, 0.2) is 18.2 Å². The number of amides is 1. The molecular formula is C14H19ClN2O3S. The van der Waals surface area contributed by atoms with E-state index < -0.39 is 10.0 Å². The highest BCUT2D eigenvalue weighted by Crippen LogP contribution is 2.19. The molecular weight excluding hydrogens is 312 g/mol. The van der Waals surface area contributed by atoms with Gasteiger partial charge in [0.1, 0.15) is 0 Å². The van der Waals surface area contributed by atoms with Crippen molar-refractivity contribution in [3.8, 4) is 0 Å². The summed E-state index contributed by atoms with van der Waals surface area (Å²) in [5.41, 5.74) is 1.44.